The smallest absolute Gasteiger partial charge is 0.221 e. The Labute approximate surface area is 213 Å². The van der Waals surface area contributed by atoms with E-state index in [-0.39, 0.29) is 6.29 Å². The van der Waals surface area contributed by atoms with Crippen molar-refractivity contribution in [3.05, 3.63) is 54.2 Å². The average molecular weight is 504 g/mol. The number of aromatic nitrogens is 9. The Morgan fingerprint density at radius 3 is 3.03 bits per heavy atom. The van der Waals surface area contributed by atoms with Gasteiger partial charge in [0.15, 0.2) is 11.9 Å². The highest BCUT2D eigenvalue weighted by molar-refractivity contribution is 5.69. The molecule has 1 aliphatic heterocycles. The largest absolute Gasteiger partial charge is 0.377 e. The molecule has 12 heteroatoms. The molecule has 0 aliphatic carbocycles. The lowest BCUT2D eigenvalue weighted by atomic mass is 10.2. The fourth-order valence-corrected chi connectivity index (χ4v) is 4.41. The summed E-state index contributed by atoms with van der Waals surface area (Å²) < 4.78 is 22.5. The minimum atomic E-state index is -0.101. The topological polar surface area (TPSA) is 119 Å². The number of ether oxygens (including phenoxy) is 3. The summed E-state index contributed by atoms with van der Waals surface area (Å²) in [5.74, 6) is 0. The molecule has 5 aromatic rings. The van der Waals surface area contributed by atoms with Crippen LogP contribution in [-0.2, 0) is 33.9 Å². The molecule has 0 bridgehead atoms. The van der Waals surface area contributed by atoms with Gasteiger partial charge < -0.3 is 14.2 Å². The second-order valence-corrected chi connectivity index (χ2v) is 8.98. The van der Waals surface area contributed by atoms with Crippen LogP contribution in [0.2, 0.25) is 0 Å². The maximum atomic E-state index is 5.83. The monoisotopic (exact) mass is 503 g/mol. The van der Waals surface area contributed by atoms with Gasteiger partial charge in [-0.15, -0.1) is 5.10 Å². The highest BCUT2D eigenvalue weighted by Crippen LogP contribution is 2.20. The fraction of sp³-hybridized carbons (Fsp3) is 0.440. The maximum absolute atomic E-state index is 5.83. The molecule has 1 aliphatic rings. The van der Waals surface area contributed by atoms with E-state index in [0.717, 1.165) is 48.1 Å². The molecular weight excluding hydrogens is 474 g/mol. The van der Waals surface area contributed by atoms with Gasteiger partial charge in [-0.2, -0.15) is 10.2 Å². The third kappa shape index (κ3) is 5.22. The van der Waals surface area contributed by atoms with E-state index in [1.807, 2.05) is 40.8 Å². The molecule has 1 saturated heterocycles. The number of rotatable bonds is 10. The highest BCUT2D eigenvalue weighted by atomic mass is 16.7. The van der Waals surface area contributed by atoms with Crippen LogP contribution >= 0.6 is 0 Å². The molecule has 6 heterocycles. The van der Waals surface area contributed by atoms with Crippen LogP contribution in [-0.4, -0.2) is 70.5 Å². The summed E-state index contributed by atoms with van der Waals surface area (Å²) >= 11 is 0. The van der Waals surface area contributed by atoms with Crippen LogP contribution in [0.5, 0.6) is 0 Å². The van der Waals surface area contributed by atoms with Gasteiger partial charge in [0.1, 0.15) is 0 Å². The number of hydrogen-bond acceptors (Lipinski definition) is 9. The van der Waals surface area contributed by atoms with Crippen LogP contribution in [0, 0.1) is 0 Å². The fourth-order valence-electron chi connectivity index (χ4n) is 4.41. The lowest BCUT2D eigenvalue weighted by Gasteiger charge is -2.22. The van der Waals surface area contributed by atoms with Crippen molar-refractivity contribution in [3.8, 4) is 11.3 Å². The summed E-state index contributed by atoms with van der Waals surface area (Å²) in [6.45, 7) is 5.62. The predicted octanol–water partition coefficient (Wildman–Crippen LogP) is 2.86. The van der Waals surface area contributed by atoms with E-state index >= 15 is 0 Å². The first kappa shape index (κ1) is 23.6. The lowest BCUT2D eigenvalue weighted by Crippen LogP contribution is -2.24. The molecule has 12 nitrogen and oxygen atoms in total. The standard InChI is InChI=1S/C25H29N9O3/c1-2-35-17-20-13-28-33-7-6-18(11-22(20)33)15-34-25-24(30-31-34)26-14-21(29-25)19-12-27-32(16-19)8-10-37-23-5-3-4-9-36-23/h6-7,11-14,16,23H,2-5,8-10,15,17H2,1H3. The molecule has 1 atom stereocenters. The Balaban J connectivity index is 1.17. The number of nitrogens with zero attached hydrogens (tertiary/aromatic N) is 9. The van der Waals surface area contributed by atoms with Crippen LogP contribution < -0.4 is 0 Å². The van der Waals surface area contributed by atoms with Gasteiger partial charge in [-0.25, -0.2) is 19.2 Å². The van der Waals surface area contributed by atoms with Gasteiger partial charge in [0.25, 0.3) is 0 Å². The minimum Gasteiger partial charge on any atom is -0.377 e. The van der Waals surface area contributed by atoms with E-state index in [4.69, 9.17) is 19.2 Å². The second-order valence-electron chi connectivity index (χ2n) is 8.98. The van der Waals surface area contributed by atoms with Crippen molar-refractivity contribution in [1.82, 2.24) is 44.4 Å². The molecule has 0 amide bonds. The third-order valence-electron chi connectivity index (χ3n) is 6.38. The summed E-state index contributed by atoms with van der Waals surface area (Å²) in [5, 5.41) is 17.4. The van der Waals surface area contributed by atoms with Gasteiger partial charge >= 0.3 is 0 Å². The average Bonchev–Trinajstić information content (AvgIpc) is 3.67. The number of pyridine rings is 1. The van der Waals surface area contributed by atoms with Crippen molar-refractivity contribution in [2.45, 2.75) is 52.2 Å². The quantitative estimate of drug-likeness (QED) is 0.283. The first-order valence-corrected chi connectivity index (χ1v) is 12.6. The summed E-state index contributed by atoms with van der Waals surface area (Å²) in [5.41, 5.74) is 5.81. The first-order chi connectivity index (χ1) is 18.3. The Kier molecular flexibility index (Phi) is 6.84. The van der Waals surface area contributed by atoms with E-state index in [9.17, 15) is 0 Å². The first-order valence-electron chi connectivity index (χ1n) is 12.6. The molecule has 37 heavy (non-hydrogen) atoms. The van der Waals surface area contributed by atoms with Gasteiger partial charge in [0.05, 0.1) is 56.1 Å². The van der Waals surface area contributed by atoms with Crippen molar-refractivity contribution < 1.29 is 14.2 Å². The van der Waals surface area contributed by atoms with Crippen LogP contribution in [0.4, 0.5) is 0 Å². The Morgan fingerprint density at radius 2 is 2.14 bits per heavy atom. The van der Waals surface area contributed by atoms with Gasteiger partial charge in [0.2, 0.25) is 5.65 Å². The molecule has 6 rings (SSSR count). The van der Waals surface area contributed by atoms with Crippen molar-refractivity contribution >= 4 is 16.8 Å². The van der Waals surface area contributed by atoms with Crippen LogP contribution in [0.1, 0.15) is 37.3 Å². The summed E-state index contributed by atoms with van der Waals surface area (Å²) in [7, 11) is 0. The SMILES string of the molecule is CCOCc1cnn2ccc(Cn3nnc4ncc(-c5cnn(CCOC6CCCCO6)c5)nc43)cc12. The summed E-state index contributed by atoms with van der Waals surface area (Å²) in [4.78, 5) is 9.29. The van der Waals surface area contributed by atoms with Crippen molar-refractivity contribution in [3.63, 3.8) is 0 Å². The van der Waals surface area contributed by atoms with Crippen LogP contribution in [0.25, 0.3) is 28.1 Å². The van der Waals surface area contributed by atoms with E-state index in [2.05, 4.69) is 31.6 Å². The molecule has 0 spiro atoms. The summed E-state index contributed by atoms with van der Waals surface area (Å²) in [6, 6.07) is 4.11. The second kappa shape index (κ2) is 10.7. The molecule has 0 saturated carbocycles. The molecular formula is C25H29N9O3. The number of fused-ring (bicyclic) bond motifs is 2. The molecule has 5 aromatic heterocycles. The zero-order valence-electron chi connectivity index (χ0n) is 20.7. The Morgan fingerprint density at radius 1 is 1.16 bits per heavy atom. The van der Waals surface area contributed by atoms with Gasteiger partial charge in [-0.1, -0.05) is 5.21 Å². The normalized spacial score (nSPS) is 16.2. The van der Waals surface area contributed by atoms with Crippen molar-refractivity contribution in [2.75, 3.05) is 19.8 Å². The van der Waals surface area contributed by atoms with Gasteiger partial charge in [-0.05, 0) is 43.9 Å². The number of hydrogen-bond donors (Lipinski definition) is 0. The van der Waals surface area contributed by atoms with E-state index in [1.54, 1.807) is 17.1 Å². The Bertz CT molecular complexity index is 1490. The highest BCUT2D eigenvalue weighted by Gasteiger charge is 2.15. The molecule has 1 fully saturated rings. The molecule has 1 unspecified atom stereocenters. The maximum Gasteiger partial charge on any atom is 0.221 e. The van der Waals surface area contributed by atoms with E-state index in [0.29, 0.717) is 49.9 Å². The zero-order chi connectivity index (χ0) is 25.0. The van der Waals surface area contributed by atoms with Crippen LogP contribution in [0.15, 0.2) is 43.1 Å². The van der Waals surface area contributed by atoms with Gasteiger partial charge in [0, 0.05) is 36.7 Å². The zero-order valence-corrected chi connectivity index (χ0v) is 20.7. The Hall–Kier alpha value is -3.74. The van der Waals surface area contributed by atoms with E-state index < -0.39 is 0 Å². The molecule has 0 aromatic carbocycles. The van der Waals surface area contributed by atoms with Crippen LogP contribution in [0.3, 0.4) is 0 Å². The van der Waals surface area contributed by atoms with Crippen molar-refractivity contribution in [2.24, 2.45) is 0 Å². The summed E-state index contributed by atoms with van der Waals surface area (Å²) in [6.07, 6.45) is 12.3. The van der Waals surface area contributed by atoms with Gasteiger partial charge in [-0.3, -0.25) is 4.68 Å². The van der Waals surface area contributed by atoms with Crippen molar-refractivity contribution in [1.29, 1.82) is 0 Å². The molecule has 0 radical (unpaired) electrons. The molecule has 0 N–H and O–H groups in total. The minimum absolute atomic E-state index is 0.101. The lowest BCUT2D eigenvalue weighted by molar-refractivity contribution is -0.163. The predicted molar refractivity (Wildman–Crippen MR) is 134 cm³/mol. The molecule has 192 valence electrons. The third-order valence-corrected chi connectivity index (χ3v) is 6.38. The van der Waals surface area contributed by atoms with E-state index in [1.165, 1.54) is 0 Å².